The SMILES string of the molecule is C[Si](C)c1ccccc1.[CH]1[CH][CH][CH][CH]1.[CH]1[CH][CH][CH][CH]1.[Ti]. The van der Waals surface area contributed by atoms with Gasteiger partial charge in [-0.1, -0.05) is 48.6 Å². The van der Waals surface area contributed by atoms with Gasteiger partial charge in [-0.2, -0.15) is 0 Å². The van der Waals surface area contributed by atoms with Crippen molar-refractivity contribution in [1.29, 1.82) is 0 Å². The molecule has 0 spiro atoms. The van der Waals surface area contributed by atoms with Crippen LogP contribution in [0.4, 0.5) is 0 Å². The third-order valence-electron chi connectivity index (χ3n) is 2.46. The number of hydrogen-bond donors (Lipinski definition) is 0. The minimum absolute atomic E-state index is 0. The zero-order valence-corrected chi connectivity index (χ0v) is 14.7. The van der Waals surface area contributed by atoms with Gasteiger partial charge in [0, 0.05) is 21.7 Å². The van der Waals surface area contributed by atoms with Crippen molar-refractivity contribution in [3.63, 3.8) is 0 Å². The molecule has 0 aliphatic heterocycles. The van der Waals surface area contributed by atoms with E-state index in [1.165, 1.54) is 5.19 Å². The fraction of sp³-hybridized carbons (Fsp3) is 0.111. The first-order valence-corrected chi connectivity index (χ1v) is 8.99. The van der Waals surface area contributed by atoms with E-state index in [1.807, 2.05) is 64.2 Å². The third kappa shape index (κ3) is 10.9. The van der Waals surface area contributed by atoms with Gasteiger partial charge < -0.3 is 0 Å². The quantitative estimate of drug-likeness (QED) is 0.694. The topological polar surface area (TPSA) is 0 Å². The minimum atomic E-state index is -0.212. The maximum absolute atomic E-state index is 2.31. The van der Waals surface area contributed by atoms with E-state index < -0.39 is 0 Å². The van der Waals surface area contributed by atoms with Crippen molar-refractivity contribution in [3.8, 4) is 0 Å². The van der Waals surface area contributed by atoms with Crippen LogP contribution in [0.5, 0.6) is 0 Å². The van der Waals surface area contributed by atoms with Gasteiger partial charge in [0.15, 0.2) is 0 Å². The summed E-state index contributed by atoms with van der Waals surface area (Å²) in [5.74, 6) is 0. The van der Waals surface area contributed by atoms with Crippen LogP contribution in [-0.2, 0) is 21.7 Å². The second-order valence-electron chi connectivity index (χ2n) is 4.29. The molecule has 101 valence electrons. The van der Waals surface area contributed by atoms with E-state index in [0.29, 0.717) is 0 Å². The molecular weight excluding hydrogens is 292 g/mol. The Morgan fingerprint density at radius 1 is 0.550 bits per heavy atom. The molecule has 0 amide bonds. The van der Waals surface area contributed by atoms with Gasteiger partial charge in [0.25, 0.3) is 0 Å². The van der Waals surface area contributed by atoms with Crippen molar-refractivity contribution in [2.45, 2.75) is 13.1 Å². The predicted molar refractivity (Wildman–Crippen MR) is 86.6 cm³/mol. The van der Waals surface area contributed by atoms with Gasteiger partial charge in [0.2, 0.25) is 0 Å². The van der Waals surface area contributed by atoms with Gasteiger partial charge in [-0.15, -0.1) is 0 Å². The van der Waals surface area contributed by atoms with E-state index in [1.54, 1.807) is 0 Å². The summed E-state index contributed by atoms with van der Waals surface area (Å²) in [6.07, 6.45) is 20.0. The average Bonchev–Trinajstić information content (AvgIpc) is 3.18. The first-order chi connectivity index (χ1) is 9.30. The van der Waals surface area contributed by atoms with Crippen molar-refractivity contribution < 1.29 is 21.7 Å². The Hall–Kier alpha value is 0.151. The molecule has 2 fully saturated rings. The number of rotatable bonds is 1. The summed E-state index contributed by atoms with van der Waals surface area (Å²) in [7, 11) is -0.212. The fourth-order valence-corrected chi connectivity index (χ4v) is 2.27. The zero-order valence-electron chi connectivity index (χ0n) is 12.2. The zero-order chi connectivity index (χ0) is 13.8. The summed E-state index contributed by atoms with van der Waals surface area (Å²) in [5, 5.41) is 1.52. The first kappa shape index (κ1) is 20.2. The van der Waals surface area contributed by atoms with Crippen LogP contribution in [0.3, 0.4) is 0 Å². The van der Waals surface area contributed by atoms with Crippen molar-refractivity contribution in [2.24, 2.45) is 0 Å². The molecule has 2 aliphatic carbocycles. The summed E-state index contributed by atoms with van der Waals surface area (Å²) in [6, 6.07) is 10.7. The Morgan fingerprint density at radius 3 is 1.05 bits per heavy atom. The molecule has 0 unspecified atom stereocenters. The van der Waals surface area contributed by atoms with E-state index in [4.69, 9.17) is 0 Å². The van der Waals surface area contributed by atoms with Gasteiger partial charge in [-0.05, 0) is 64.2 Å². The maximum Gasteiger partial charge on any atom is 0.0791 e. The van der Waals surface area contributed by atoms with E-state index in [9.17, 15) is 0 Å². The van der Waals surface area contributed by atoms with Crippen LogP contribution in [-0.4, -0.2) is 8.80 Å². The number of hydrogen-bond acceptors (Lipinski definition) is 0. The molecule has 1 aromatic rings. The fourth-order valence-electron chi connectivity index (χ4n) is 1.41. The standard InChI is InChI=1S/C8H11Si.2C5H5.Ti/c1-9(2)8-6-4-3-5-7-8;2*1-2-4-5-3-1;/h3-7H,1-2H3;2*1-5H;. The Labute approximate surface area is 143 Å². The molecule has 0 nitrogen and oxygen atoms in total. The Kier molecular flexibility index (Phi) is 14.2. The second kappa shape index (κ2) is 14.1. The number of benzene rings is 1. The van der Waals surface area contributed by atoms with E-state index >= 15 is 0 Å². The molecule has 0 atom stereocenters. The summed E-state index contributed by atoms with van der Waals surface area (Å²) in [6.45, 7) is 4.61. The molecule has 0 aromatic heterocycles. The van der Waals surface area contributed by atoms with Gasteiger partial charge in [0.1, 0.15) is 0 Å². The van der Waals surface area contributed by atoms with Crippen LogP contribution in [0.15, 0.2) is 30.3 Å². The third-order valence-corrected chi connectivity index (χ3v) is 3.95. The Balaban J connectivity index is 0.000000282. The molecule has 2 heteroatoms. The summed E-state index contributed by atoms with van der Waals surface area (Å²) in [5.41, 5.74) is 0. The normalized spacial score (nSPS) is 16.6. The summed E-state index contributed by atoms with van der Waals surface area (Å²) < 4.78 is 0. The van der Waals surface area contributed by atoms with E-state index in [2.05, 4.69) is 43.4 Å². The Bertz CT molecular complexity index is 264. The smallest absolute Gasteiger partial charge is 0.0671 e. The molecule has 0 heterocycles. The van der Waals surface area contributed by atoms with Gasteiger partial charge in [-0.25, -0.2) is 0 Å². The Morgan fingerprint density at radius 2 is 0.850 bits per heavy atom. The van der Waals surface area contributed by atoms with Crippen LogP contribution < -0.4 is 5.19 Å². The predicted octanol–water partition coefficient (Wildman–Crippen LogP) is 3.69. The van der Waals surface area contributed by atoms with E-state index in [0.717, 1.165) is 0 Å². The van der Waals surface area contributed by atoms with Crippen LogP contribution in [0.2, 0.25) is 13.1 Å². The first-order valence-electron chi connectivity index (χ1n) is 6.49. The maximum atomic E-state index is 2.31. The van der Waals surface area contributed by atoms with Crippen molar-refractivity contribution in [3.05, 3.63) is 94.5 Å². The summed E-state index contributed by atoms with van der Waals surface area (Å²) in [4.78, 5) is 0. The van der Waals surface area contributed by atoms with Crippen LogP contribution in [0.25, 0.3) is 0 Å². The molecule has 3 rings (SSSR count). The molecule has 2 aliphatic rings. The molecule has 1 aromatic carbocycles. The molecule has 2 saturated carbocycles. The molecule has 0 N–H and O–H groups in total. The van der Waals surface area contributed by atoms with Crippen LogP contribution in [0.1, 0.15) is 0 Å². The van der Waals surface area contributed by atoms with Gasteiger partial charge in [-0.3, -0.25) is 0 Å². The molecular formula is C18H21SiTi. The van der Waals surface area contributed by atoms with Crippen molar-refractivity contribution in [2.75, 3.05) is 0 Å². The van der Waals surface area contributed by atoms with Crippen LogP contribution in [0, 0.1) is 64.2 Å². The minimum Gasteiger partial charge on any atom is -0.0671 e. The largest absolute Gasteiger partial charge is 0.0791 e. The molecule has 20 heavy (non-hydrogen) atoms. The van der Waals surface area contributed by atoms with Crippen LogP contribution >= 0.6 is 0 Å². The van der Waals surface area contributed by atoms with Crippen molar-refractivity contribution >= 4 is 14.0 Å². The second-order valence-corrected chi connectivity index (χ2v) is 6.87. The molecule has 0 bridgehead atoms. The summed E-state index contributed by atoms with van der Waals surface area (Å²) >= 11 is 0. The van der Waals surface area contributed by atoms with Gasteiger partial charge in [0.05, 0.1) is 8.80 Å². The molecule has 11 radical (unpaired) electrons. The van der Waals surface area contributed by atoms with Gasteiger partial charge >= 0.3 is 0 Å². The average molecular weight is 313 g/mol. The van der Waals surface area contributed by atoms with Crippen molar-refractivity contribution in [1.82, 2.24) is 0 Å². The van der Waals surface area contributed by atoms with E-state index in [-0.39, 0.29) is 30.5 Å². The molecule has 0 saturated heterocycles. The monoisotopic (exact) mass is 313 g/mol.